The van der Waals surface area contributed by atoms with Gasteiger partial charge in [0.05, 0.1) is 0 Å². The van der Waals surface area contributed by atoms with Crippen LogP contribution in [0.5, 0.6) is 0 Å². The number of hydrogen-bond donors (Lipinski definition) is 1. The Morgan fingerprint density at radius 3 is 2.53 bits per heavy atom. The van der Waals surface area contributed by atoms with Gasteiger partial charge in [-0.25, -0.2) is 0 Å². The quantitative estimate of drug-likeness (QED) is 0.582. The van der Waals surface area contributed by atoms with Crippen LogP contribution in [0.25, 0.3) is 0 Å². The summed E-state index contributed by atoms with van der Waals surface area (Å²) >= 11 is 0. The Bertz CT molecular complexity index is 406. The number of nitrogens with two attached hydrogens (primary N) is 1. The molecule has 0 unspecified atom stereocenters. The highest BCUT2D eigenvalue weighted by Gasteiger charge is 2.17. The van der Waals surface area contributed by atoms with Gasteiger partial charge >= 0.3 is 0 Å². The molecule has 0 aromatic heterocycles. The van der Waals surface area contributed by atoms with Crippen LogP contribution in [-0.2, 0) is 0 Å². The minimum absolute atomic E-state index is 0.647. The van der Waals surface area contributed by atoms with E-state index in [1.807, 2.05) is 0 Å². The summed E-state index contributed by atoms with van der Waals surface area (Å²) in [5.74, 6) is 0.647. The number of anilines is 1. The summed E-state index contributed by atoms with van der Waals surface area (Å²) < 4.78 is 0. The first-order valence-corrected chi connectivity index (χ1v) is 5.99. The number of hydrogen-bond acceptors (Lipinski definition) is 2. The largest absolute Gasteiger partial charge is 0.370 e. The predicted molar refractivity (Wildman–Crippen MR) is 72.5 cm³/mol. The van der Waals surface area contributed by atoms with Gasteiger partial charge in [-0.05, 0) is 24.6 Å². The van der Waals surface area contributed by atoms with Crippen LogP contribution in [0.15, 0.2) is 29.3 Å². The van der Waals surface area contributed by atoms with Crippen LogP contribution in [0.1, 0.15) is 5.56 Å². The normalized spacial score (nSPS) is 17.4. The number of aryl methyl sites for hydroxylation is 1. The minimum Gasteiger partial charge on any atom is -0.370 e. The second-order valence-corrected chi connectivity index (χ2v) is 4.39. The number of nitrogens with zero attached hydrogens (tertiary/aromatic N) is 3. The summed E-state index contributed by atoms with van der Waals surface area (Å²) in [6, 6.07) is 8.63. The maximum atomic E-state index is 5.81. The standard InChI is InChI=1S/C13H20N4/c1-11-4-3-5-12(10-11)16-6-8-17(9-7-16)13(14)15-2/h3-5,10H,6-9H2,1-2H3,(H2,14,15). The van der Waals surface area contributed by atoms with Gasteiger partial charge < -0.3 is 15.5 Å². The average Bonchev–Trinajstić information content (AvgIpc) is 2.38. The molecule has 0 bridgehead atoms. The Hall–Kier alpha value is -1.71. The van der Waals surface area contributed by atoms with E-state index in [9.17, 15) is 0 Å². The second-order valence-electron chi connectivity index (χ2n) is 4.39. The third-order valence-electron chi connectivity index (χ3n) is 3.20. The summed E-state index contributed by atoms with van der Waals surface area (Å²) in [5, 5.41) is 0. The van der Waals surface area contributed by atoms with Crippen LogP contribution in [0.3, 0.4) is 0 Å². The zero-order valence-electron chi connectivity index (χ0n) is 10.6. The molecule has 4 nitrogen and oxygen atoms in total. The lowest BCUT2D eigenvalue weighted by molar-refractivity contribution is 0.381. The molecule has 1 aromatic rings. The van der Waals surface area contributed by atoms with Gasteiger partial charge in [-0.2, -0.15) is 0 Å². The monoisotopic (exact) mass is 232 g/mol. The van der Waals surface area contributed by atoms with Crippen LogP contribution in [0.2, 0.25) is 0 Å². The molecule has 1 saturated heterocycles. The third-order valence-corrected chi connectivity index (χ3v) is 3.20. The summed E-state index contributed by atoms with van der Waals surface area (Å²) in [7, 11) is 1.74. The van der Waals surface area contributed by atoms with E-state index in [1.165, 1.54) is 11.3 Å². The molecule has 0 amide bonds. The average molecular weight is 232 g/mol. The molecular formula is C13H20N4. The summed E-state index contributed by atoms with van der Waals surface area (Å²) in [6.07, 6.45) is 0. The Balaban J connectivity index is 2.00. The number of rotatable bonds is 1. The van der Waals surface area contributed by atoms with Gasteiger partial charge in [0.25, 0.3) is 0 Å². The van der Waals surface area contributed by atoms with Gasteiger partial charge in [0.15, 0.2) is 5.96 Å². The highest BCUT2D eigenvalue weighted by atomic mass is 15.3. The lowest BCUT2D eigenvalue weighted by atomic mass is 10.2. The fourth-order valence-electron chi connectivity index (χ4n) is 2.16. The molecule has 1 aliphatic heterocycles. The lowest BCUT2D eigenvalue weighted by Crippen LogP contribution is -2.51. The van der Waals surface area contributed by atoms with Gasteiger partial charge in [0.2, 0.25) is 0 Å². The zero-order chi connectivity index (χ0) is 12.3. The van der Waals surface area contributed by atoms with Crippen molar-refractivity contribution in [2.75, 3.05) is 38.1 Å². The molecule has 1 heterocycles. The van der Waals surface area contributed by atoms with E-state index < -0.39 is 0 Å². The molecule has 0 spiro atoms. The van der Waals surface area contributed by atoms with Crippen molar-refractivity contribution in [1.29, 1.82) is 0 Å². The second kappa shape index (κ2) is 5.08. The van der Waals surface area contributed by atoms with Crippen molar-refractivity contribution >= 4 is 11.6 Å². The van der Waals surface area contributed by atoms with Crippen molar-refractivity contribution in [2.24, 2.45) is 10.7 Å². The van der Waals surface area contributed by atoms with Crippen LogP contribution in [-0.4, -0.2) is 44.1 Å². The fraction of sp³-hybridized carbons (Fsp3) is 0.462. The Morgan fingerprint density at radius 2 is 1.94 bits per heavy atom. The minimum atomic E-state index is 0.647. The molecular weight excluding hydrogens is 212 g/mol. The van der Waals surface area contributed by atoms with E-state index >= 15 is 0 Å². The molecule has 0 saturated carbocycles. The van der Waals surface area contributed by atoms with Gasteiger partial charge in [-0.3, -0.25) is 4.99 Å². The Labute approximate surface area is 103 Å². The van der Waals surface area contributed by atoms with E-state index in [2.05, 4.69) is 46.0 Å². The highest BCUT2D eigenvalue weighted by molar-refractivity contribution is 5.78. The van der Waals surface area contributed by atoms with Gasteiger partial charge in [0.1, 0.15) is 0 Å². The summed E-state index contributed by atoms with van der Waals surface area (Å²) in [4.78, 5) is 8.55. The van der Waals surface area contributed by atoms with E-state index in [1.54, 1.807) is 7.05 Å². The van der Waals surface area contributed by atoms with Crippen LogP contribution in [0.4, 0.5) is 5.69 Å². The third kappa shape index (κ3) is 2.70. The number of guanidine groups is 1. The van der Waals surface area contributed by atoms with Crippen molar-refractivity contribution in [2.45, 2.75) is 6.92 Å². The maximum Gasteiger partial charge on any atom is 0.191 e. The first-order valence-electron chi connectivity index (χ1n) is 5.99. The van der Waals surface area contributed by atoms with E-state index in [4.69, 9.17) is 5.73 Å². The number of piperazine rings is 1. The molecule has 0 atom stereocenters. The lowest BCUT2D eigenvalue weighted by Gasteiger charge is -2.36. The molecule has 17 heavy (non-hydrogen) atoms. The molecule has 2 rings (SSSR count). The predicted octanol–water partition coefficient (Wildman–Crippen LogP) is 1.06. The molecule has 1 aliphatic rings. The topological polar surface area (TPSA) is 44.9 Å². The van der Waals surface area contributed by atoms with Gasteiger partial charge in [0, 0.05) is 38.9 Å². The molecule has 0 radical (unpaired) electrons. The summed E-state index contributed by atoms with van der Waals surface area (Å²) in [5.41, 5.74) is 8.42. The van der Waals surface area contributed by atoms with Crippen molar-refractivity contribution < 1.29 is 0 Å². The molecule has 4 heteroatoms. The molecule has 2 N–H and O–H groups in total. The van der Waals surface area contributed by atoms with E-state index in [0.717, 1.165) is 26.2 Å². The number of benzene rings is 1. The van der Waals surface area contributed by atoms with E-state index in [0.29, 0.717) is 5.96 Å². The number of aliphatic imine (C=N–C) groups is 1. The van der Waals surface area contributed by atoms with Crippen molar-refractivity contribution in [1.82, 2.24) is 4.90 Å². The van der Waals surface area contributed by atoms with Crippen LogP contribution >= 0.6 is 0 Å². The Morgan fingerprint density at radius 1 is 1.24 bits per heavy atom. The SMILES string of the molecule is CN=C(N)N1CCN(c2cccc(C)c2)CC1. The maximum absolute atomic E-state index is 5.81. The molecule has 92 valence electrons. The fourth-order valence-corrected chi connectivity index (χ4v) is 2.16. The molecule has 1 aromatic carbocycles. The molecule has 1 fully saturated rings. The van der Waals surface area contributed by atoms with Gasteiger partial charge in [-0.15, -0.1) is 0 Å². The zero-order valence-corrected chi connectivity index (χ0v) is 10.6. The summed E-state index contributed by atoms with van der Waals surface area (Å²) in [6.45, 7) is 6.01. The highest BCUT2D eigenvalue weighted by Crippen LogP contribution is 2.17. The first-order chi connectivity index (χ1) is 8.20. The van der Waals surface area contributed by atoms with Gasteiger partial charge in [-0.1, -0.05) is 12.1 Å². The van der Waals surface area contributed by atoms with Crippen molar-refractivity contribution in [3.05, 3.63) is 29.8 Å². The van der Waals surface area contributed by atoms with Crippen LogP contribution < -0.4 is 10.6 Å². The van der Waals surface area contributed by atoms with Crippen molar-refractivity contribution in [3.63, 3.8) is 0 Å². The first kappa shape index (κ1) is 11.8. The van der Waals surface area contributed by atoms with Crippen molar-refractivity contribution in [3.8, 4) is 0 Å². The van der Waals surface area contributed by atoms with E-state index in [-0.39, 0.29) is 0 Å². The molecule has 0 aliphatic carbocycles. The smallest absolute Gasteiger partial charge is 0.191 e. The Kier molecular flexibility index (Phi) is 3.52. The van der Waals surface area contributed by atoms with Crippen LogP contribution in [0, 0.1) is 6.92 Å².